The number of alkyl halides is 3. The molecule has 5 heteroatoms. The van der Waals surface area contributed by atoms with Crippen molar-refractivity contribution >= 4 is 5.69 Å². The van der Waals surface area contributed by atoms with Crippen LogP contribution in [0.2, 0.25) is 0 Å². The molecule has 0 radical (unpaired) electrons. The molecule has 2 rings (SSSR count). The molecule has 1 saturated heterocycles. The summed E-state index contributed by atoms with van der Waals surface area (Å²) in [7, 11) is 0. The van der Waals surface area contributed by atoms with Gasteiger partial charge >= 0.3 is 6.18 Å². The first-order chi connectivity index (χ1) is 8.55. The van der Waals surface area contributed by atoms with Gasteiger partial charge in [0, 0.05) is 18.8 Å². The van der Waals surface area contributed by atoms with Crippen LogP contribution in [0.4, 0.5) is 18.9 Å². The molecule has 0 saturated carbocycles. The van der Waals surface area contributed by atoms with Crippen molar-refractivity contribution in [3.63, 3.8) is 0 Å². The fraction of sp³-hybridized carbons (Fsp3) is 0.538. The van der Waals surface area contributed by atoms with E-state index in [9.17, 15) is 13.2 Å². The molecule has 0 aromatic heterocycles. The van der Waals surface area contributed by atoms with Gasteiger partial charge in [-0.05, 0) is 37.0 Å². The molecule has 18 heavy (non-hydrogen) atoms. The summed E-state index contributed by atoms with van der Waals surface area (Å²) in [5.74, 6) is 0.383. The second-order valence-electron chi connectivity index (χ2n) is 4.54. The predicted octanol–water partition coefficient (Wildman–Crippen LogP) is 3.54. The highest BCUT2D eigenvalue weighted by Crippen LogP contribution is 2.30. The Balaban J connectivity index is 1.92. The lowest BCUT2D eigenvalue weighted by Gasteiger charge is -2.22. The van der Waals surface area contributed by atoms with Crippen LogP contribution < -0.4 is 5.32 Å². The molecule has 2 nitrogen and oxygen atoms in total. The van der Waals surface area contributed by atoms with Crippen LogP contribution in [-0.2, 0) is 10.9 Å². The molecule has 0 bridgehead atoms. The van der Waals surface area contributed by atoms with Crippen molar-refractivity contribution in [1.29, 1.82) is 0 Å². The number of nitrogens with one attached hydrogen (secondary N) is 1. The van der Waals surface area contributed by atoms with Crippen LogP contribution in [-0.4, -0.2) is 19.8 Å². The topological polar surface area (TPSA) is 21.3 Å². The van der Waals surface area contributed by atoms with Gasteiger partial charge in [0.2, 0.25) is 0 Å². The zero-order valence-corrected chi connectivity index (χ0v) is 9.96. The maximum atomic E-state index is 12.5. The number of hydrogen-bond acceptors (Lipinski definition) is 2. The van der Waals surface area contributed by atoms with E-state index in [4.69, 9.17) is 4.74 Å². The lowest BCUT2D eigenvalue weighted by Crippen LogP contribution is -2.24. The van der Waals surface area contributed by atoms with E-state index in [0.29, 0.717) is 24.8 Å². The van der Waals surface area contributed by atoms with Gasteiger partial charge in [-0.15, -0.1) is 0 Å². The van der Waals surface area contributed by atoms with Gasteiger partial charge in [-0.1, -0.05) is 6.07 Å². The Labute approximate surface area is 104 Å². The minimum atomic E-state index is -4.29. The maximum absolute atomic E-state index is 12.5. The molecular formula is C13H16F3NO. The molecule has 1 aliphatic rings. The average molecular weight is 259 g/mol. The van der Waals surface area contributed by atoms with Crippen LogP contribution in [0.1, 0.15) is 18.4 Å². The number of anilines is 1. The van der Waals surface area contributed by atoms with Crippen molar-refractivity contribution in [3.8, 4) is 0 Å². The summed E-state index contributed by atoms with van der Waals surface area (Å²) in [6.07, 6.45) is -2.20. The van der Waals surface area contributed by atoms with Crippen LogP contribution in [0.5, 0.6) is 0 Å². The number of halogens is 3. The number of rotatable bonds is 3. The largest absolute Gasteiger partial charge is 0.416 e. The third kappa shape index (κ3) is 3.63. The Bertz CT molecular complexity index is 386. The number of ether oxygens (including phenoxy) is 1. The molecule has 1 fully saturated rings. The molecule has 1 N–H and O–H groups in total. The third-order valence-corrected chi connectivity index (χ3v) is 3.04. The molecular weight excluding hydrogens is 243 g/mol. The molecule has 0 aliphatic carbocycles. The first-order valence-corrected chi connectivity index (χ1v) is 6.04. The van der Waals surface area contributed by atoms with Crippen LogP contribution in [0, 0.1) is 5.92 Å². The van der Waals surface area contributed by atoms with Crippen molar-refractivity contribution in [1.82, 2.24) is 0 Å². The second kappa shape index (κ2) is 5.61. The molecule has 1 aromatic carbocycles. The zero-order chi connectivity index (χ0) is 13.0. The van der Waals surface area contributed by atoms with Gasteiger partial charge in [-0.25, -0.2) is 0 Å². The van der Waals surface area contributed by atoms with Gasteiger partial charge in [-0.3, -0.25) is 0 Å². The quantitative estimate of drug-likeness (QED) is 0.896. The van der Waals surface area contributed by atoms with Gasteiger partial charge in [0.05, 0.1) is 12.2 Å². The summed E-state index contributed by atoms with van der Waals surface area (Å²) in [6.45, 7) is 2.13. The van der Waals surface area contributed by atoms with Crippen molar-refractivity contribution in [2.45, 2.75) is 19.0 Å². The van der Waals surface area contributed by atoms with Gasteiger partial charge in [0.1, 0.15) is 0 Å². The average Bonchev–Trinajstić information content (AvgIpc) is 2.37. The minimum Gasteiger partial charge on any atom is -0.385 e. The van der Waals surface area contributed by atoms with Crippen LogP contribution in [0.15, 0.2) is 24.3 Å². The van der Waals surface area contributed by atoms with Crippen molar-refractivity contribution < 1.29 is 17.9 Å². The van der Waals surface area contributed by atoms with Crippen molar-refractivity contribution in [2.24, 2.45) is 5.92 Å². The third-order valence-electron chi connectivity index (χ3n) is 3.04. The van der Waals surface area contributed by atoms with E-state index in [1.165, 1.54) is 6.07 Å². The summed E-state index contributed by atoms with van der Waals surface area (Å²) in [5, 5.41) is 3.05. The Kier molecular flexibility index (Phi) is 4.11. The van der Waals surface area contributed by atoms with E-state index >= 15 is 0 Å². The molecule has 0 spiro atoms. The van der Waals surface area contributed by atoms with Gasteiger partial charge in [0.15, 0.2) is 0 Å². The Hall–Kier alpha value is -1.23. The minimum absolute atomic E-state index is 0.383. The highest BCUT2D eigenvalue weighted by Gasteiger charge is 2.30. The molecule has 1 heterocycles. The smallest absolute Gasteiger partial charge is 0.385 e. The summed E-state index contributed by atoms with van der Waals surface area (Å²) < 4.78 is 42.9. The molecule has 1 atom stereocenters. The Morgan fingerprint density at radius 1 is 1.33 bits per heavy atom. The first kappa shape index (κ1) is 13.2. The molecule has 0 amide bonds. The monoisotopic (exact) mass is 259 g/mol. The fourth-order valence-electron chi connectivity index (χ4n) is 2.04. The number of benzene rings is 1. The Morgan fingerprint density at radius 3 is 2.83 bits per heavy atom. The van der Waals surface area contributed by atoms with Crippen LogP contribution >= 0.6 is 0 Å². The Morgan fingerprint density at radius 2 is 2.17 bits per heavy atom. The SMILES string of the molecule is FC(F)(F)c1cccc(NCC2CCCOC2)c1. The molecule has 100 valence electrons. The fourth-order valence-corrected chi connectivity index (χ4v) is 2.04. The highest BCUT2D eigenvalue weighted by molar-refractivity contribution is 5.46. The van der Waals surface area contributed by atoms with E-state index in [1.807, 2.05) is 0 Å². The van der Waals surface area contributed by atoms with E-state index in [2.05, 4.69) is 5.32 Å². The van der Waals surface area contributed by atoms with Crippen LogP contribution in [0.3, 0.4) is 0 Å². The normalized spacial score (nSPS) is 20.7. The standard InChI is InChI=1S/C13H16F3NO/c14-13(15,16)11-4-1-5-12(7-11)17-8-10-3-2-6-18-9-10/h1,4-5,7,10,17H,2-3,6,8-9H2. The first-order valence-electron chi connectivity index (χ1n) is 6.04. The molecule has 1 aromatic rings. The van der Waals surface area contributed by atoms with Crippen molar-refractivity contribution in [3.05, 3.63) is 29.8 Å². The lowest BCUT2D eigenvalue weighted by atomic mass is 10.0. The lowest BCUT2D eigenvalue weighted by molar-refractivity contribution is -0.137. The van der Waals surface area contributed by atoms with E-state index in [0.717, 1.165) is 31.6 Å². The second-order valence-corrected chi connectivity index (χ2v) is 4.54. The van der Waals surface area contributed by atoms with Crippen molar-refractivity contribution in [2.75, 3.05) is 25.1 Å². The summed E-state index contributed by atoms with van der Waals surface area (Å²) in [5.41, 5.74) is -0.109. The van der Waals surface area contributed by atoms with E-state index < -0.39 is 11.7 Å². The van der Waals surface area contributed by atoms with Gasteiger partial charge in [-0.2, -0.15) is 13.2 Å². The van der Waals surface area contributed by atoms with Crippen LogP contribution in [0.25, 0.3) is 0 Å². The van der Waals surface area contributed by atoms with Gasteiger partial charge < -0.3 is 10.1 Å². The molecule has 1 unspecified atom stereocenters. The van der Waals surface area contributed by atoms with E-state index in [-0.39, 0.29) is 0 Å². The predicted molar refractivity (Wildman–Crippen MR) is 63.5 cm³/mol. The summed E-state index contributed by atoms with van der Waals surface area (Å²) in [4.78, 5) is 0. The van der Waals surface area contributed by atoms with Gasteiger partial charge in [0.25, 0.3) is 0 Å². The highest BCUT2D eigenvalue weighted by atomic mass is 19.4. The zero-order valence-electron chi connectivity index (χ0n) is 9.96. The summed E-state index contributed by atoms with van der Waals surface area (Å²) in [6, 6.07) is 5.29. The summed E-state index contributed by atoms with van der Waals surface area (Å²) >= 11 is 0. The van der Waals surface area contributed by atoms with E-state index in [1.54, 1.807) is 6.07 Å². The number of hydrogen-bond donors (Lipinski definition) is 1. The molecule has 1 aliphatic heterocycles. The maximum Gasteiger partial charge on any atom is 0.416 e.